The van der Waals surface area contributed by atoms with Gasteiger partial charge >= 0.3 is 0 Å². The van der Waals surface area contributed by atoms with E-state index in [-0.39, 0.29) is 0 Å². The lowest BCUT2D eigenvalue weighted by molar-refractivity contribution is 0.695. The highest BCUT2D eigenvalue weighted by Crippen LogP contribution is 2.09. The summed E-state index contributed by atoms with van der Waals surface area (Å²) in [6.45, 7) is 2.88. The largest absolute Gasteiger partial charge is 0.420 e. The molecule has 0 amide bonds. The van der Waals surface area contributed by atoms with Crippen LogP contribution in [0.25, 0.3) is 0 Å². The van der Waals surface area contributed by atoms with E-state index in [0.717, 1.165) is 0 Å². The van der Waals surface area contributed by atoms with Crippen LogP contribution in [0.3, 0.4) is 0 Å². The predicted octanol–water partition coefficient (Wildman–Crippen LogP) is 2.33. The Bertz CT molecular complexity index is 163. The van der Waals surface area contributed by atoms with E-state index in [2.05, 4.69) is 43.1 Å². The van der Waals surface area contributed by atoms with Gasteiger partial charge in [-0.25, -0.2) is 0 Å². The van der Waals surface area contributed by atoms with Crippen LogP contribution in [0.5, 0.6) is 0 Å². The predicted molar refractivity (Wildman–Crippen MR) is 51.5 cm³/mol. The topological polar surface area (TPSA) is 3.24 Å². The van der Waals surface area contributed by atoms with Crippen molar-refractivity contribution < 1.29 is 0 Å². The number of rotatable bonds is 3. The molecular weight excluding hydrogens is 133 g/mol. The van der Waals surface area contributed by atoms with Gasteiger partial charge < -0.3 is 4.81 Å². The third kappa shape index (κ3) is 2.45. The molecule has 0 atom stereocenters. The zero-order chi connectivity index (χ0) is 8.10. The van der Waals surface area contributed by atoms with Crippen LogP contribution in [0.4, 0.5) is 0 Å². The molecule has 0 aromatic rings. The molecule has 0 N–H and O–H groups in total. The summed E-state index contributed by atoms with van der Waals surface area (Å²) in [5, 5.41) is 0. The zero-order valence-electron chi connectivity index (χ0n) is 7.46. The van der Waals surface area contributed by atoms with E-state index in [0.29, 0.717) is 6.85 Å². The average molecular weight is 149 g/mol. The second kappa shape index (κ2) is 4.27. The summed E-state index contributed by atoms with van der Waals surface area (Å²) in [7, 11) is 2.14. The highest BCUT2D eigenvalue weighted by atomic mass is 15.0. The number of hydrogen-bond acceptors (Lipinski definition) is 1. The Morgan fingerprint density at radius 2 is 2.18 bits per heavy atom. The quantitative estimate of drug-likeness (QED) is 0.556. The molecule has 0 saturated heterocycles. The first-order valence-corrected chi connectivity index (χ1v) is 4.41. The van der Waals surface area contributed by atoms with E-state index in [4.69, 9.17) is 0 Å². The van der Waals surface area contributed by atoms with Gasteiger partial charge in [-0.05, 0) is 25.6 Å². The van der Waals surface area contributed by atoms with Gasteiger partial charge in [0.15, 0.2) is 0 Å². The minimum atomic E-state index is 0.639. The highest BCUT2D eigenvalue weighted by molar-refractivity contribution is 6.61. The van der Waals surface area contributed by atoms with Gasteiger partial charge in [0, 0.05) is 0 Å². The fourth-order valence-corrected chi connectivity index (χ4v) is 1.34. The number of nitrogens with zero attached hydrogens (tertiary/aromatic N) is 1. The lowest BCUT2D eigenvalue weighted by atomic mass is 9.56. The van der Waals surface area contributed by atoms with Crippen LogP contribution in [0.2, 0.25) is 6.32 Å². The van der Waals surface area contributed by atoms with Crippen molar-refractivity contribution in [2.75, 3.05) is 7.05 Å². The molecule has 1 nitrogen and oxygen atoms in total. The van der Waals surface area contributed by atoms with E-state index in [9.17, 15) is 0 Å². The normalized spacial score (nSPS) is 16.2. The standard InChI is InChI=1S/C9H16BN/c1-3-4-7-10-8-5-6-9-11(10)2/h5-6,8-9H,3-4,7H2,1-2H3. The molecule has 0 unspecified atom stereocenters. The van der Waals surface area contributed by atoms with Crippen LogP contribution in [0.15, 0.2) is 24.3 Å². The first-order valence-electron chi connectivity index (χ1n) is 4.41. The third-order valence-corrected chi connectivity index (χ3v) is 2.14. The first kappa shape index (κ1) is 8.44. The first-order chi connectivity index (χ1) is 5.34. The lowest BCUT2D eigenvalue weighted by Gasteiger charge is -2.22. The summed E-state index contributed by atoms with van der Waals surface area (Å²) in [4.78, 5) is 2.27. The van der Waals surface area contributed by atoms with Gasteiger partial charge in [0.2, 0.25) is 0 Å². The Morgan fingerprint density at radius 3 is 2.82 bits per heavy atom. The fraction of sp³-hybridized carbons (Fsp3) is 0.556. The molecule has 60 valence electrons. The maximum atomic E-state index is 2.27. The number of hydrogen-bond donors (Lipinski definition) is 0. The molecular formula is C9H16BN. The third-order valence-electron chi connectivity index (χ3n) is 2.14. The summed E-state index contributed by atoms with van der Waals surface area (Å²) in [6.07, 6.45) is 10.3. The van der Waals surface area contributed by atoms with E-state index < -0.39 is 0 Å². The van der Waals surface area contributed by atoms with Crippen molar-refractivity contribution >= 4 is 6.85 Å². The van der Waals surface area contributed by atoms with Gasteiger partial charge in [0.05, 0.1) is 0 Å². The van der Waals surface area contributed by atoms with Gasteiger partial charge in [-0.2, -0.15) is 0 Å². The molecule has 1 rings (SSSR count). The molecule has 0 aromatic heterocycles. The summed E-state index contributed by atoms with van der Waals surface area (Å²) in [5.41, 5.74) is 0. The molecule has 0 fully saturated rings. The summed E-state index contributed by atoms with van der Waals surface area (Å²) < 4.78 is 0. The van der Waals surface area contributed by atoms with E-state index in [1.807, 2.05) is 0 Å². The summed E-state index contributed by atoms with van der Waals surface area (Å²) >= 11 is 0. The molecule has 0 aromatic carbocycles. The van der Waals surface area contributed by atoms with Crippen LogP contribution in [0.1, 0.15) is 19.8 Å². The maximum Gasteiger partial charge on any atom is 0.280 e. The molecule has 1 aliphatic rings. The van der Waals surface area contributed by atoms with E-state index in [1.54, 1.807) is 0 Å². The van der Waals surface area contributed by atoms with Crippen molar-refractivity contribution in [3.05, 3.63) is 24.3 Å². The maximum absolute atomic E-state index is 2.27. The summed E-state index contributed by atoms with van der Waals surface area (Å²) in [5.74, 6) is 2.27. The Morgan fingerprint density at radius 1 is 1.36 bits per heavy atom. The fourth-order valence-electron chi connectivity index (χ4n) is 1.34. The number of unbranched alkanes of at least 4 members (excludes halogenated alkanes) is 1. The molecule has 0 aliphatic carbocycles. The van der Waals surface area contributed by atoms with Gasteiger partial charge in [0.1, 0.15) is 0 Å². The minimum absolute atomic E-state index is 0.639. The second-order valence-corrected chi connectivity index (χ2v) is 3.10. The Kier molecular flexibility index (Phi) is 3.28. The van der Waals surface area contributed by atoms with Crippen molar-refractivity contribution in [3.8, 4) is 0 Å². The minimum Gasteiger partial charge on any atom is -0.420 e. The van der Waals surface area contributed by atoms with Gasteiger partial charge in [-0.15, -0.1) is 0 Å². The zero-order valence-corrected chi connectivity index (χ0v) is 7.46. The molecule has 0 saturated carbocycles. The van der Waals surface area contributed by atoms with Crippen LogP contribution < -0.4 is 0 Å². The Balaban J connectivity index is 2.33. The molecule has 0 spiro atoms. The summed E-state index contributed by atoms with van der Waals surface area (Å²) in [6, 6.07) is 0. The molecule has 0 radical (unpaired) electrons. The molecule has 0 bridgehead atoms. The van der Waals surface area contributed by atoms with Gasteiger partial charge in [-0.3, -0.25) is 0 Å². The van der Waals surface area contributed by atoms with Crippen LogP contribution in [-0.2, 0) is 0 Å². The molecule has 2 heteroatoms. The van der Waals surface area contributed by atoms with Crippen molar-refractivity contribution in [2.24, 2.45) is 0 Å². The monoisotopic (exact) mass is 149 g/mol. The van der Waals surface area contributed by atoms with E-state index >= 15 is 0 Å². The van der Waals surface area contributed by atoms with Crippen LogP contribution in [0, 0.1) is 0 Å². The Hall–Kier alpha value is -0.655. The highest BCUT2D eigenvalue weighted by Gasteiger charge is 2.14. The van der Waals surface area contributed by atoms with Crippen molar-refractivity contribution in [1.29, 1.82) is 0 Å². The number of allylic oxidation sites excluding steroid dienone is 2. The molecule has 1 heterocycles. The van der Waals surface area contributed by atoms with Crippen molar-refractivity contribution in [3.63, 3.8) is 0 Å². The van der Waals surface area contributed by atoms with Crippen LogP contribution >= 0.6 is 0 Å². The molecule has 11 heavy (non-hydrogen) atoms. The molecule has 1 aliphatic heterocycles. The van der Waals surface area contributed by atoms with Crippen LogP contribution in [-0.4, -0.2) is 18.7 Å². The van der Waals surface area contributed by atoms with Gasteiger partial charge in [0.25, 0.3) is 6.85 Å². The average Bonchev–Trinajstić information content (AvgIpc) is 2.03. The SMILES string of the molecule is CCCCB1C=CC=CN1C. The van der Waals surface area contributed by atoms with Crippen molar-refractivity contribution in [2.45, 2.75) is 26.1 Å². The van der Waals surface area contributed by atoms with E-state index in [1.165, 1.54) is 19.2 Å². The van der Waals surface area contributed by atoms with Gasteiger partial charge in [-0.1, -0.05) is 31.8 Å². The smallest absolute Gasteiger partial charge is 0.280 e. The second-order valence-electron chi connectivity index (χ2n) is 3.10. The Labute approximate surface area is 69.9 Å². The van der Waals surface area contributed by atoms with Crippen molar-refractivity contribution in [1.82, 2.24) is 4.81 Å². The lowest BCUT2D eigenvalue weighted by Crippen LogP contribution is -2.31.